The summed E-state index contributed by atoms with van der Waals surface area (Å²) in [5.74, 6) is -1.16. The molecule has 0 atom stereocenters. The average Bonchev–Trinajstić information content (AvgIpc) is 2.60. The van der Waals surface area contributed by atoms with E-state index in [0.29, 0.717) is 4.70 Å². The van der Waals surface area contributed by atoms with E-state index in [-0.39, 0.29) is 16.1 Å². The maximum Gasteiger partial charge on any atom is 0.337 e. The maximum atomic E-state index is 12.3. The Morgan fingerprint density at radius 3 is 2.80 bits per heavy atom. The molecule has 78 valence electrons. The van der Waals surface area contributed by atoms with E-state index in [0.717, 1.165) is 11.3 Å². The molecule has 0 unspecified atom stereocenters. The number of halogens is 2. The monoisotopic (exact) mass is 229 g/mol. The van der Waals surface area contributed by atoms with Crippen molar-refractivity contribution in [3.8, 4) is 0 Å². The molecule has 0 bridgehead atoms. The molecule has 0 spiro atoms. The molecule has 3 nitrogen and oxygen atoms in total. The van der Waals surface area contributed by atoms with Crippen LogP contribution in [0, 0.1) is 0 Å². The highest BCUT2D eigenvalue weighted by Crippen LogP contribution is 2.30. The van der Waals surface area contributed by atoms with E-state index in [1.807, 2.05) is 0 Å². The van der Waals surface area contributed by atoms with Crippen molar-refractivity contribution in [1.29, 1.82) is 0 Å². The van der Waals surface area contributed by atoms with Crippen molar-refractivity contribution < 1.29 is 18.7 Å². The Morgan fingerprint density at radius 1 is 1.47 bits per heavy atom. The highest BCUT2D eigenvalue weighted by molar-refractivity contribution is 7.18. The molecule has 0 fully saturated rings. The second-order valence-corrected chi connectivity index (χ2v) is 3.87. The molecule has 0 saturated carbocycles. The van der Waals surface area contributed by atoms with E-state index in [9.17, 15) is 13.6 Å². The van der Waals surface area contributed by atoms with Crippen LogP contribution in [0.25, 0.3) is 10.2 Å². The van der Waals surface area contributed by atoms with Gasteiger partial charge in [-0.25, -0.2) is 18.6 Å². The van der Waals surface area contributed by atoms with Crippen LogP contribution in [0.3, 0.4) is 0 Å². The standard InChI is InChI=1S/C9H5F2NO2S/c10-7(11)8-12-6-4(9(13)14)2-1-3-5(6)15-8/h1-3,7H,(H,13,14). The fraction of sp³-hybridized carbons (Fsp3) is 0.111. The number of carbonyl (C=O) groups is 1. The summed E-state index contributed by atoms with van der Waals surface area (Å²) in [6.07, 6.45) is -2.66. The minimum absolute atomic E-state index is 0.0457. The van der Waals surface area contributed by atoms with Gasteiger partial charge < -0.3 is 5.11 Å². The Labute approximate surface area is 87.0 Å². The van der Waals surface area contributed by atoms with Crippen molar-refractivity contribution in [2.75, 3.05) is 0 Å². The molecule has 15 heavy (non-hydrogen) atoms. The number of hydrogen-bond acceptors (Lipinski definition) is 3. The van der Waals surface area contributed by atoms with Crippen molar-refractivity contribution in [1.82, 2.24) is 4.98 Å². The minimum Gasteiger partial charge on any atom is -0.478 e. The van der Waals surface area contributed by atoms with Crippen molar-refractivity contribution >= 4 is 27.5 Å². The Hall–Kier alpha value is -1.56. The SMILES string of the molecule is O=C(O)c1cccc2sc(C(F)F)nc12. The highest BCUT2D eigenvalue weighted by atomic mass is 32.1. The van der Waals surface area contributed by atoms with Gasteiger partial charge in [0.25, 0.3) is 6.43 Å². The number of aromatic carboxylic acids is 1. The number of aromatic nitrogens is 1. The summed E-state index contributed by atoms with van der Waals surface area (Å²) < 4.78 is 25.1. The minimum atomic E-state index is -2.66. The van der Waals surface area contributed by atoms with Crippen molar-refractivity contribution in [2.45, 2.75) is 6.43 Å². The number of carboxylic acid groups (broad SMARTS) is 1. The second-order valence-electron chi connectivity index (χ2n) is 2.81. The first-order chi connectivity index (χ1) is 7.09. The lowest BCUT2D eigenvalue weighted by molar-refractivity contribution is 0.0698. The maximum absolute atomic E-state index is 12.3. The third kappa shape index (κ3) is 1.68. The van der Waals surface area contributed by atoms with Crippen LogP contribution >= 0.6 is 11.3 Å². The van der Waals surface area contributed by atoms with E-state index >= 15 is 0 Å². The number of benzene rings is 1. The predicted molar refractivity (Wildman–Crippen MR) is 51.5 cm³/mol. The van der Waals surface area contributed by atoms with Gasteiger partial charge >= 0.3 is 5.97 Å². The van der Waals surface area contributed by atoms with Crippen LogP contribution in [-0.4, -0.2) is 16.1 Å². The first-order valence-electron chi connectivity index (χ1n) is 4.00. The van der Waals surface area contributed by atoms with Gasteiger partial charge in [-0.3, -0.25) is 0 Å². The molecule has 0 aliphatic heterocycles. The number of para-hydroxylation sites is 1. The lowest BCUT2D eigenvalue weighted by atomic mass is 10.2. The first kappa shape index (κ1) is 9.97. The lowest BCUT2D eigenvalue weighted by Gasteiger charge is -1.93. The smallest absolute Gasteiger partial charge is 0.337 e. The van der Waals surface area contributed by atoms with Crippen LogP contribution in [-0.2, 0) is 0 Å². The van der Waals surface area contributed by atoms with E-state index in [4.69, 9.17) is 5.11 Å². The molecule has 1 aromatic heterocycles. The molecule has 0 aliphatic carbocycles. The lowest BCUT2D eigenvalue weighted by Crippen LogP contribution is -1.96. The topological polar surface area (TPSA) is 50.2 Å². The normalized spacial score (nSPS) is 11.1. The molecular formula is C9H5F2NO2S. The molecule has 2 aromatic rings. The molecule has 1 aromatic carbocycles. The second kappa shape index (κ2) is 3.54. The molecule has 0 amide bonds. The molecule has 1 N–H and O–H groups in total. The fourth-order valence-electron chi connectivity index (χ4n) is 1.23. The molecule has 6 heteroatoms. The zero-order valence-corrected chi connectivity index (χ0v) is 8.09. The average molecular weight is 229 g/mol. The molecule has 0 saturated heterocycles. The Kier molecular flexibility index (Phi) is 2.36. The number of hydrogen-bond donors (Lipinski definition) is 1. The number of carboxylic acids is 1. The van der Waals surface area contributed by atoms with Gasteiger partial charge in [-0.05, 0) is 12.1 Å². The Balaban J connectivity index is 2.70. The van der Waals surface area contributed by atoms with Crippen LogP contribution in [0.15, 0.2) is 18.2 Å². The van der Waals surface area contributed by atoms with Crippen LogP contribution in [0.1, 0.15) is 21.8 Å². The van der Waals surface area contributed by atoms with E-state index in [1.54, 1.807) is 6.07 Å². The van der Waals surface area contributed by atoms with Crippen molar-refractivity contribution in [2.24, 2.45) is 0 Å². The van der Waals surface area contributed by atoms with E-state index < -0.39 is 12.4 Å². The predicted octanol–water partition coefficient (Wildman–Crippen LogP) is 2.93. The van der Waals surface area contributed by atoms with Gasteiger partial charge in [-0.1, -0.05) is 6.07 Å². The van der Waals surface area contributed by atoms with Crippen molar-refractivity contribution in [3.05, 3.63) is 28.8 Å². The number of alkyl halides is 2. The fourth-order valence-corrected chi connectivity index (χ4v) is 2.08. The van der Waals surface area contributed by atoms with Gasteiger partial charge in [-0.2, -0.15) is 0 Å². The summed E-state index contributed by atoms with van der Waals surface area (Å²) >= 11 is 0.812. The van der Waals surface area contributed by atoms with Crippen LogP contribution in [0.4, 0.5) is 8.78 Å². The van der Waals surface area contributed by atoms with E-state index in [1.165, 1.54) is 12.1 Å². The largest absolute Gasteiger partial charge is 0.478 e. The number of rotatable bonds is 2. The molecular weight excluding hydrogens is 224 g/mol. The summed E-state index contributed by atoms with van der Waals surface area (Å²) in [5.41, 5.74) is 0.0842. The molecule has 0 radical (unpaired) electrons. The first-order valence-corrected chi connectivity index (χ1v) is 4.82. The quantitative estimate of drug-likeness (QED) is 0.861. The van der Waals surface area contributed by atoms with Gasteiger partial charge in [0.1, 0.15) is 0 Å². The summed E-state index contributed by atoms with van der Waals surface area (Å²) in [6, 6.07) is 4.43. The molecule has 0 aliphatic rings. The number of nitrogens with zero attached hydrogens (tertiary/aromatic N) is 1. The van der Waals surface area contributed by atoms with Crippen molar-refractivity contribution in [3.63, 3.8) is 0 Å². The number of fused-ring (bicyclic) bond motifs is 1. The molecule has 1 heterocycles. The third-order valence-corrected chi connectivity index (χ3v) is 2.88. The third-order valence-electron chi connectivity index (χ3n) is 1.85. The van der Waals surface area contributed by atoms with Gasteiger partial charge in [0.15, 0.2) is 5.01 Å². The van der Waals surface area contributed by atoms with E-state index in [2.05, 4.69) is 4.98 Å². The zero-order valence-electron chi connectivity index (χ0n) is 7.28. The Bertz CT molecular complexity index is 524. The Morgan fingerprint density at radius 2 is 2.20 bits per heavy atom. The summed E-state index contributed by atoms with van der Waals surface area (Å²) in [7, 11) is 0. The van der Waals surface area contributed by atoms with Gasteiger partial charge in [-0.15, -0.1) is 11.3 Å². The zero-order chi connectivity index (χ0) is 11.0. The van der Waals surface area contributed by atoms with Gasteiger partial charge in [0, 0.05) is 0 Å². The number of thiazole rings is 1. The summed E-state index contributed by atoms with van der Waals surface area (Å²) in [4.78, 5) is 14.4. The summed E-state index contributed by atoms with van der Waals surface area (Å²) in [5, 5.41) is 8.46. The van der Waals surface area contributed by atoms with Crippen LogP contribution in [0.2, 0.25) is 0 Å². The highest BCUT2D eigenvalue weighted by Gasteiger charge is 2.17. The van der Waals surface area contributed by atoms with Gasteiger partial charge in [0.2, 0.25) is 0 Å². The molecule has 2 rings (SSSR count). The van der Waals surface area contributed by atoms with Crippen LogP contribution < -0.4 is 0 Å². The van der Waals surface area contributed by atoms with Gasteiger partial charge in [0.05, 0.1) is 15.8 Å². The van der Waals surface area contributed by atoms with Crippen LogP contribution in [0.5, 0.6) is 0 Å². The summed E-state index contributed by atoms with van der Waals surface area (Å²) in [6.45, 7) is 0.